The first-order valence-corrected chi connectivity index (χ1v) is 6.26. The largest absolute Gasteiger partial charge is 0.497 e. The van der Waals surface area contributed by atoms with Crippen LogP contribution in [0.25, 0.3) is 0 Å². The number of benzene rings is 1. The minimum absolute atomic E-state index is 0.0900. The quantitative estimate of drug-likeness (QED) is 0.874. The van der Waals surface area contributed by atoms with Gasteiger partial charge in [0.05, 0.1) is 7.11 Å². The number of anilines is 3. The number of amides is 1. The van der Waals surface area contributed by atoms with Crippen LogP contribution in [0.5, 0.6) is 5.75 Å². The summed E-state index contributed by atoms with van der Waals surface area (Å²) in [6, 6.07) is 10.9. The normalized spacial score (nSPS) is 9.90. The zero-order chi connectivity index (χ0) is 14.4. The van der Waals surface area contributed by atoms with E-state index in [-0.39, 0.29) is 5.91 Å². The Hall–Kier alpha value is -2.63. The molecule has 0 aliphatic heterocycles. The predicted octanol–water partition coefficient (Wildman–Crippen LogP) is 2.58. The van der Waals surface area contributed by atoms with E-state index < -0.39 is 0 Å². The van der Waals surface area contributed by atoms with Crippen LogP contribution in [0.2, 0.25) is 0 Å². The standard InChI is InChI=1S/C14H16N4O2/c1-3-14(19)16-13-8-7-12(17-18-13)15-10-5-4-6-11(9-10)20-2/h4-9H,3H2,1-2H3,(H,15,17)(H,16,18,19). The molecule has 2 N–H and O–H groups in total. The highest BCUT2D eigenvalue weighted by Gasteiger charge is 2.02. The Bertz CT molecular complexity index is 584. The molecule has 6 heteroatoms. The van der Waals surface area contributed by atoms with Gasteiger partial charge in [-0.25, -0.2) is 0 Å². The third-order valence-corrected chi connectivity index (χ3v) is 2.60. The van der Waals surface area contributed by atoms with Gasteiger partial charge in [-0.2, -0.15) is 0 Å². The number of ether oxygens (including phenoxy) is 1. The van der Waals surface area contributed by atoms with E-state index in [1.165, 1.54) is 0 Å². The molecule has 2 rings (SSSR count). The van der Waals surface area contributed by atoms with E-state index in [2.05, 4.69) is 20.8 Å². The molecule has 0 aliphatic carbocycles. The van der Waals surface area contributed by atoms with Crippen LogP contribution in [0.4, 0.5) is 17.3 Å². The van der Waals surface area contributed by atoms with Crippen molar-refractivity contribution in [2.75, 3.05) is 17.7 Å². The molecule has 0 saturated heterocycles. The monoisotopic (exact) mass is 272 g/mol. The second-order valence-corrected chi connectivity index (χ2v) is 4.06. The minimum atomic E-state index is -0.0900. The van der Waals surface area contributed by atoms with Crippen molar-refractivity contribution in [2.24, 2.45) is 0 Å². The first-order valence-electron chi connectivity index (χ1n) is 6.26. The maximum Gasteiger partial charge on any atom is 0.225 e. The zero-order valence-electron chi connectivity index (χ0n) is 11.4. The summed E-state index contributed by atoms with van der Waals surface area (Å²) in [6.07, 6.45) is 0.408. The number of nitrogens with one attached hydrogen (secondary N) is 2. The van der Waals surface area contributed by atoms with Crippen molar-refractivity contribution in [1.82, 2.24) is 10.2 Å². The molecule has 0 unspecified atom stereocenters. The maximum atomic E-state index is 11.2. The van der Waals surface area contributed by atoms with Gasteiger partial charge in [-0.3, -0.25) is 4.79 Å². The van der Waals surface area contributed by atoms with E-state index in [1.54, 1.807) is 26.2 Å². The first-order chi connectivity index (χ1) is 9.71. The van der Waals surface area contributed by atoms with E-state index in [4.69, 9.17) is 4.74 Å². The Balaban J connectivity index is 2.04. The second-order valence-electron chi connectivity index (χ2n) is 4.06. The van der Waals surface area contributed by atoms with Gasteiger partial charge in [-0.05, 0) is 24.3 Å². The van der Waals surface area contributed by atoms with Crippen LogP contribution in [0.1, 0.15) is 13.3 Å². The van der Waals surface area contributed by atoms with E-state index in [0.29, 0.717) is 18.1 Å². The average Bonchev–Trinajstić information content (AvgIpc) is 2.49. The van der Waals surface area contributed by atoms with Gasteiger partial charge in [-0.15, -0.1) is 10.2 Å². The van der Waals surface area contributed by atoms with E-state index in [1.807, 2.05) is 24.3 Å². The lowest BCUT2D eigenvalue weighted by Gasteiger charge is -2.07. The number of hydrogen-bond donors (Lipinski definition) is 2. The molecule has 1 aromatic heterocycles. The van der Waals surface area contributed by atoms with Crippen molar-refractivity contribution in [2.45, 2.75) is 13.3 Å². The number of carbonyl (C=O) groups is 1. The molecular weight excluding hydrogens is 256 g/mol. The lowest BCUT2D eigenvalue weighted by molar-refractivity contribution is -0.115. The summed E-state index contributed by atoms with van der Waals surface area (Å²) in [4.78, 5) is 11.2. The molecule has 0 saturated carbocycles. The minimum Gasteiger partial charge on any atom is -0.497 e. The van der Waals surface area contributed by atoms with Crippen LogP contribution in [0.3, 0.4) is 0 Å². The molecule has 2 aromatic rings. The zero-order valence-corrected chi connectivity index (χ0v) is 11.4. The molecule has 0 spiro atoms. The number of nitrogens with zero attached hydrogens (tertiary/aromatic N) is 2. The van der Waals surface area contributed by atoms with Gasteiger partial charge in [0.15, 0.2) is 11.6 Å². The Morgan fingerprint density at radius 3 is 2.60 bits per heavy atom. The van der Waals surface area contributed by atoms with Gasteiger partial charge >= 0.3 is 0 Å². The summed E-state index contributed by atoms with van der Waals surface area (Å²) in [6.45, 7) is 1.78. The first kappa shape index (κ1) is 13.8. The highest BCUT2D eigenvalue weighted by Crippen LogP contribution is 2.20. The number of hydrogen-bond acceptors (Lipinski definition) is 5. The molecule has 0 fully saturated rings. The number of carbonyl (C=O) groups excluding carboxylic acids is 1. The summed E-state index contributed by atoms with van der Waals surface area (Å²) in [5, 5.41) is 13.7. The molecule has 20 heavy (non-hydrogen) atoms. The highest BCUT2D eigenvalue weighted by atomic mass is 16.5. The summed E-state index contributed by atoms with van der Waals surface area (Å²) in [5.41, 5.74) is 0.851. The van der Waals surface area contributed by atoms with E-state index in [9.17, 15) is 4.79 Å². The van der Waals surface area contributed by atoms with Crippen molar-refractivity contribution in [3.63, 3.8) is 0 Å². The van der Waals surface area contributed by atoms with E-state index in [0.717, 1.165) is 11.4 Å². The van der Waals surface area contributed by atoms with Crippen LogP contribution in [-0.2, 0) is 4.79 Å². The van der Waals surface area contributed by atoms with Crippen molar-refractivity contribution >= 4 is 23.2 Å². The van der Waals surface area contributed by atoms with Crippen LogP contribution in [0, 0.1) is 0 Å². The summed E-state index contributed by atoms with van der Waals surface area (Å²) >= 11 is 0. The Kier molecular flexibility index (Phi) is 4.49. The summed E-state index contributed by atoms with van der Waals surface area (Å²) < 4.78 is 5.14. The number of methoxy groups -OCH3 is 1. The Morgan fingerprint density at radius 1 is 1.20 bits per heavy atom. The predicted molar refractivity (Wildman–Crippen MR) is 77.2 cm³/mol. The smallest absolute Gasteiger partial charge is 0.225 e. The molecule has 1 amide bonds. The third-order valence-electron chi connectivity index (χ3n) is 2.60. The molecule has 0 bridgehead atoms. The van der Waals surface area contributed by atoms with Gasteiger partial charge in [0.1, 0.15) is 5.75 Å². The fraction of sp³-hybridized carbons (Fsp3) is 0.214. The van der Waals surface area contributed by atoms with Gasteiger partial charge < -0.3 is 15.4 Å². The Labute approximate surface area is 117 Å². The van der Waals surface area contributed by atoms with E-state index >= 15 is 0 Å². The third kappa shape index (κ3) is 3.68. The molecule has 0 radical (unpaired) electrons. The molecule has 104 valence electrons. The van der Waals surface area contributed by atoms with Crippen LogP contribution in [-0.4, -0.2) is 23.2 Å². The molecule has 0 aliphatic rings. The molecule has 6 nitrogen and oxygen atoms in total. The maximum absolute atomic E-state index is 11.2. The fourth-order valence-electron chi connectivity index (χ4n) is 1.55. The highest BCUT2D eigenvalue weighted by molar-refractivity contribution is 5.89. The van der Waals surface area contributed by atoms with Crippen molar-refractivity contribution < 1.29 is 9.53 Å². The lowest BCUT2D eigenvalue weighted by atomic mass is 10.3. The van der Waals surface area contributed by atoms with Gasteiger partial charge in [0, 0.05) is 18.2 Å². The lowest BCUT2D eigenvalue weighted by Crippen LogP contribution is -2.11. The van der Waals surface area contributed by atoms with Crippen molar-refractivity contribution in [3.05, 3.63) is 36.4 Å². The second kappa shape index (κ2) is 6.51. The van der Waals surface area contributed by atoms with Crippen LogP contribution in [0.15, 0.2) is 36.4 Å². The van der Waals surface area contributed by atoms with Gasteiger partial charge in [-0.1, -0.05) is 13.0 Å². The Morgan fingerprint density at radius 2 is 1.95 bits per heavy atom. The van der Waals surface area contributed by atoms with Crippen molar-refractivity contribution in [1.29, 1.82) is 0 Å². The van der Waals surface area contributed by atoms with Crippen LogP contribution >= 0.6 is 0 Å². The fourth-order valence-corrected chi connectivity index (χ4v) is 1.55. The van der Waals surface area contributed by atoms with Crippen LogP contribution < -0.4 is 15.4 Å². The molecule has 1 aromatic carbocycles. The number of aromatic nitrogens is 2. The summed E-state index contributed by atoms with van der Waals surface area (Å²) in [5.74, 6) is 1.70. The van der Waals surface area contributed by atoms with Crippen molar-refractivity contribution in [3.8, 4) is 5.75 Å². The molecule has 0 atom stereocenters. The topological polar surface area (TPSA) is 76.1 Å². The molecule has 1 heterocycles. The molecular formula is C14H16N4O2. The average molecular weight is 272 g/mol. The van der Waals surface area contributed by atoms with Gasteiger partial charge in [0.2, 0.25) is 5.91 Å². The number of rotatable bonds is 5. The SMILES string of the molecule is CCC(=O)Nc1ccc(Nc2cccc(OC)c2)nn1. The summed E-state index contributed by atoms with van der Waals surface area (Å²) in [7, 11) is 1.62. The van der Waals surface area contributed by atoms with Gasteiger partial charge in [0.25, 0.3) is 0 Å².